The van der Waals surface area contributed by atoms with Crippen molar-refractivity contribution in [3.8, 4) is 5.75 Å². The Hall–Kier alpha value is -1.88. The molecule has 0 unspecified atom stereocenters. The van der Waals surface area contributed by atoms with Crippen LogP contribution in [0.15, 0.2) is 48.5 Å². The van der Waals surface area contributed by atoms with Gasteiger partial charge in [-0.2, -0.15) is 0 Å². The van der Waals surface area contributed by atoms with Crippen molar-refractivity contribution in [1.29, 1.82) is 0 Å². The number of rotatable bonds is 8. The quantitative estimate of drug-likeness (QED) is 0.786. The monoisotopic (exact) mass is 355 g/mol. The summed E-state index contributed by atoms with van der Waals surface area (Å²) in [6.45, 7) is 1.74. The SMILES string of the molecule is COc1ccc(CN(C)C[C@@H](O)CO[C@H]2CCCc3ccccc32)cc1. The van der Waals surface area contributed by atoms with Crippen LogP contribution in [-0.2, 0) is 17.7 Å². The minimum atomic E-state index is -0.493. The lowest BCUT2D eigenvalue weighted by Crippen LogP contribution is -2.32. The topological polar surface area (TPSA) is 41.9 Å². The molecule has 4 heteroatoms. The maximum atomic E-state index is 10.4. The number of aryl methyl sites for hydroxylation is 1. The molecule has 4 nitrogen and oxygen atoms in total. The number of hydrogen-bond donors (Lipinski definition) is 1. The molecule has 2 aromatic carbocycles. The maximum Gasteiger partial charge on any atom is 0.118 e. The standard InChI is InChI=1S/C22H29NO3/c1-23(14-17-10-12-20(25-2)13-11-17)15-19(24)16-26-22-9-5-7-18-6-3-4-8-21(18)22/h3-4,6,8,10-13,19,22,24H,5,7,9,14-16H2,1-2H3/t19-,22+/m1/s1. The molecule has 0 fully saturated rings. The minimum absolute atomic E-state index is 0.112. The van der Waals surface area contributed by atoms with Gasteiger partial charge in [-0.25, -0.2) is 0 Å². The third-order valence-corrected chi connectivity index (χ3v) is 4.94. The van der Waals surface area contributed by atoms with E-state index in [1.165, 1.54) is 16.7 Å². The predicted molar refractivity (Wildman–Crippen MR) is 103 cm³/mol. The van der Waals surface area contributed by atoms with Crippen molar-refractivity contribution >= 4 is 0 Å². The first-order valence-electron chi connectivity index (χ1n) is 9.34. The summed E-state index contributed by atoms with van der Waals surface area (Å²) in [6, 6.07) is 16.5. The molecular formula is C22H29NO3. The highest BCUT2D eigenvalue weighted by Crippen LogP contribution is 2.32. The van der Waals surface area contributed by atoms with Gasteiger partial charge in [0.2, 0.25) is 0 Å². The van der Waals surface area contributed by atoms with Crippen LogP contribution < -0.4 is 4.74 Å². The average molecular weight is 355 g/mol. The van der Waals surface area contributed by atoms with Gasteiger partial charge in [-0.05, 0) is 55.1 Å². The molecule has 0 amide bonds. The van der Waals surface area contributed by atoms with E-state index in [1.54, 1.807) is 7.11 Å². The van der Waals surface area contributed by atoms with E-state index in [0.29, 0.717) is 13.2 Å². The third-order valence-electron chi connectivity index (χ3n) is 4.94. The first-order valence-corrected chi connectivity index (χ1v) is 9.34. The number of nitrogens with zero attached hydrogens (tertiary/aromatic N) is 1. The first-order chi connectivity index (χ1) is 12.7. The number of aliphatic hydroxyl groups is 1. The van der Waals surface area contributed by atoms with Gasteiger partial charge in [0.15, 0.2) is 0 Å². The zero-order valence-corrected chi connectivity index (χ0v) is 15.7. The van der Waals surface area contributed by atoms with E-state index in [2.05, 4.69) is 41.3 Å². The lowest BCUT2D eigenvalue weighted by Gasteiger charge is -2.27. The van der Waals surface area contributed by atoms with Crippen molar-refractivity contribution in [3.05, 3.63) is 65.2 Å². The molecule has 0 heterocycles. The number of aliphatic hydroxyl groups excluding tert-OH is 1. The molecule has 2 aromatic rings. The Morgan fingerprint density at radius 2 is 1.92 bits per heavy atom. The average Bonchev–Trinajstić information content (AvgIpc) is 2.67. The smallest absolute Gasteiger partial charge is 0.118 e. The van der Waals surface area contributed by atoms with Crippen LogP contribution in [0.1, 0.15) is 35.6 Å². The minimum Gasteiger partial charge on any atom is -0.497 e. The van der Waals surface area contributed by atoms with Crippen molar-refractivity contribution in [1.82, 2.24) is 4.90 Å². The number of fused-ring (bicyclic) bond motifs is 1. The van der Waals surface area contributed by atoms with E-state index >= 15 is 0 Å². The maximum absolute atomic E-state index is 10.4. The van der Waals surface area contributed by atoms with Crippen LogP contribution in [0.4, 0.5) is 0 Å². The molecule has 0 aliphatic heterocycles. The molecule has 0 radical (unpaired) electrons. The van der Waals surface area contributed by atoms with E-state index < -0.39 is 6.10 Å². The molecule has 1 aliphatic rings. The summed E-state index contributed by atoms with van der Waals surface area (Å²) in [6.07, 6.45) is 2.93. The normalized spacial score (nSPS) is 17.8. The number of likely N-dealkylation sites (N-methyl/N-ethyl adjacent to an activating group) is 1. The molecule has 0 saturated heterocycles. The van der Waals surface area contributed by atoms with Crippen molar-refractivity contribution in [2.24, 2.45) is 0 Å². The van der Waals surface area contributed by atoms with E-state index in [0.717, 1.165) is 31.6 Å². The van der Waals surface area contributed by atoms with Gasteiger partial charge in [-0.15, -0.1) is 0 Å². The molecular weight excluding hydrogens is 326 g/mol. The van der Waals surface area contributed by atoms with Gasteiger partial charge < -0.3 is 14.6 Å². The van der Waals surface area contributed by atoms with Crippen molar-refractivity contribution in [2.75, 3.05) is 27.3 Å². The highest BCUT2D eigenvalue weighted by Gasteiger charge is 2.21. The molecule has 0 bridgehead atoms. The van der Waals surface area contributed by atoms with E-state index in [1.807, 2.05) is 19.2 Å². The Labute approximate surface area is 156 Å². The summed E-state index contributed by atoms with van der Waals surface area (Å²) in [4.78, 5) is 2.12. The molecule has 0 aromatic heterocycles. The fourth-order valence-electron chi connectivity index (χ4n) is 3.63. The molecule has 1 N–H and O–H groups in total. The Bertz CT molecular complexity index is 686. The number of hydrogen-bond acceptors (Lipinski definition) is 4. The lowest BCUT2D eigenvalue weighted by molar-refractivity contribution is -0.0265. The second-order valence-electron chi connectivity index (χ2n) is 7.11. The molecule has 0 saturated carbocycles. The second-order valence-corrected chi connectivity index (χ2v) is 7.11. The van der Waals surface area contributed by atoms with Gasteiger partial charge in [0, 0.05) is 13.1 Å². The molecule has 26 heavy (non-hydrogen) atoms. The molecule has 140 valence electrons. The Balaban J connectivity index is 1.46. The summed E-state index contributed by atoms with van der Waals surface area (Å²) in [5.74, 6) is 0.859. The number of ether oxygens (including phenoxy) is 2. The van der Waals surface area contributed by atoms with Crippen molar-refractivity contribution < 1.29 is 14.6 Å². The Morgan fingerprint density at radius 3 is 2.69 bits per heavy atom. The van der Waals surface area contributed by atoms with Crippen molar-refractivity contribution in [2.45, 2.75) is 38.0 Å². The zero-order valence-electron chi connectivity index (χ0n) is 15.7. The van der Waals surface area contributed by atoms with Gasteiger partial charge in [0.05, 0.1) is 25.9 Å². The first kappa shape index (κ1) is 18.9. The van der Waals surface area contributed by atoms with E-state index in [4.69, 9.17) is 9.47 Å². The summed E-state index contributed by atoms with van der Waals surface area (Å²) < 4.78 is 11.2. The van der Waals surface area contributed by atoms with Crippen LogP contribution in [0.3, 0.4) is 0 Å². The van der Waals surface area contributed by atoms with Gasteiger partial charge in [0.25, 0.3) is 0 Å². The highest BCUT2D eigenvalue weighted by molar-refractivity contribution is 5.31. The van der Waals surface area contributed by atoms with Gasteiger partial charge in [0.1, 0.15) is 5.75 Å². The largest absolute Gasteiger partial charge is 0.497 e. The Kier molecular flexibility index (Phi) is 6.67. The van der Waals surface area contributed by atoms with Crippen LogP contribution in [0, 0.1) is 0 Å². The zero-order chi connectivity index (χ0) is 18.4. The highest BCUT2D eigenvalue weighted by atomic mass is 16.5. The molecule has 3 rings (SSSR count). The second kappa shape index (κ2) is 9.17. The summed E-state index contributed by atoms with van der Waals surface area (Å²) in [5.41, 5.74) is 3.87. The van der Waals surface area contributed by atoms with Gasteiger partial charge in [-0.1, -0.05) is 36.4 Å². The van der Waals surface area contributed by atoms with Crippen LogP contribution in [0.5, 0.6) is 5.75 Å². The summed E-state index contributed by atoms with van der Waals surface area (Å²) in [7, 11) is 3.69. The Morgan fingerprint density at radius 1 is 1.15 bits per heavy atom. The van der Waals surface area contributed by atoms with Gasteiger partial charge in [-0.3, -0.25) is 4.90 Å². The fraction of sp³-hybridized carbons (Fsp3) is 0.455. The number of methoxy groups -OCH3 is 1. The van der Waals surface area contributed by atoms with Crippen LogP contribution in [-0.4, -0.2) is 43.4 Å². The van der Waals surface area contributed by atoms with E-state index in [9.17, 15) is 5.11 Å². The van der Waals surface area contributed by atoms with Crippen molar-refractivity contribution in [3.63, 3.8) is 0 Å². The third kappa shape index (κ3) is 5.07. The molecule has 2 atom stereocenters. The lowest BCUT2D eigenvalue weighted by atomic mass is 9.89. The van der Waals surface area contributed by atoms with Gasteiger partial charge >= 0.3 is 0 Å². The van der Waals surface area contributed by atoms with E-state index in [-0.39, 0.29) is 6.10 Å². The fourth-order valence-corrected chi connectivity index (χ4v) is 3.63. The predicted octanol–water partition coefficient (Wildman–Crippen LogP) is 3.58. The molecule has 1 aliphatic carbocycles. The van der Waals surface area contributed by atoms with Crippen LogP contribution in [0.2, 0.25) is 0 Å². The summed E-state index contributed by atoms with van der Waals surface area (Å²) >= 11 is 0. The molecule has 0 spiro atoms. The van der Waals surface area contributed by atoms with Crippen LogP contribution >= 0.6 is 0 Å². The van der Waals surface area contributed by atoms with Crippen LogP contribution in [0.25, 0.3) is 0 Å². The number of benzene rings is 2. The summed E-state index contributed by atoms with van der Waals surface area (Å²) in [5, 5.41) is 10.4.